The van der Waals surface area contributed by atoms with Gasteiger partial charge in [0.25, 0.3) is 0 Å². The smallest absolute Gasteiger partial charge is 0.0947 e. The van der Waals surface area contributed by atoms with E-state index in [1.54, 1.807) is 23.1 Å². The first kappa shape index (κ1) is 16.0. The van der Waals surface area contributed by atoms with Gasteiger partial charge >= 0.3 is 0 Å². The molecule has 0 aliphatic carbocycles. The van der Waals surface area contributed by atoms with Crippen LogP contribution >= 0.6 is 39.0 Å². The van der Waals surface area contributed by atoms with Crippen molar-refractivity contribution in [2.24, 2.45) is 5.84 Å². The van der Waals surface area contributed by atoms with Crippen LogP contribution in [0.4, 0.5) is 0 Å². The molecule has 0 aliphatic heterocycles. The molecule has 1 heterocycles. The molecule has 1 aromatic carbocycles. The van der Waals surface area contributed by atoms with E-state index in [0.717, 1.165) is 27.3 Å². The highest BCUT2D eigenvalue weighted by atomic mass is 79.9. The highest BCUT2D eigenvalue weighted by Gasteiger charge is 2.12. The average Bonchev–Trinajstić information content (AvgIpc) is 2.73. The number of thioether (sulfide) groups is 1. The van der Waals surface area contributed by atoms with Gasteiger partial charge in [-0.1, -0.05) is 22.0 Å². The number of nitrogens with two attached hydrogens (primary N) is 1. The number of nitrogens with one attached hydrogen (secondary N) is 1. The summed E-state index contributed by atoms with van der Waals surface area (Å²) in [6.45, 7) is 4.16. The van der Waals surface area contributed by atoms with Crippen LogP contribution in [-0.4, -0.2) is 16.8 Å². The number of benzene rings is 1. The molecule has 0 aliphatic rings. The van der Waals surface area contributed by atoms with Gasteiger partial charge < -0.3 is 0 Å². The fourth-order valence-corrected chi connectivity index (χ4v) is 4.31. The van der Waals surface area contributed by atoms with Crippen LogP contribution in [0.3, 0.4) is 0 Å². The summed E-state index contributed by atoms with van der Waals surface area (Å²) in [5.74, 6) is 6.59. The Balaban J connectivity index is 1.92. The average molecular weight is 372 g/mol. The number of rotatable bonds is 6. The fourth-order valence-electron chi connectivity index (χ4n) is 1.76. The minimum Gasteiger partial charge on any atom is -0.271 e. The third-order valence-corrected chi connectivity index (χ3v) is 5.72. The summed E-state index contributed by atoms with van der Waals surface area (Å²) in [5.41, 5.74) is 4.02. The summed E-state index contributed by atoms with van der Waals surface area (Å²) in [5, 5.41) is 1.15. The van der Waals surface area contributed by atoms with Crippen LogP contribution in [0.1, 0.15) is 15.6 Å². The Labute approximate surface area is 136 Å². The summed E-state index contributed by atoms with van der Waals surface area (Å²) in [4.78, 5) is 7.10. The van der Waals surface area contributed by atoms with Gasteiger partial charge in [0.15, 0.2) is 0 Å². The van der Waals surface area contributed by atoms with Gasteiger partial charge in [-0.3, -0.25) is 11.3 Å². The van der Waals surface area contributed by atoms with Crippen LogP contribution in [0.25, 0.3) is 0 Å². The summed E-state index contributed by atoms with van der Waals surface area (Å²) >= 11 is 7.05. The molecule has 20 heavy (non-hydrogen) atoms. The topological polar surface area (TPSA) is 50.9 Å². The Morgan fingerprint density at radius 3 is 2.85 bits per heavy atom. The second-order valence-electron chi connectivity index (χ2n) is 4.59. The number of hydrazine groups is 1. The number of aryl methyl sites for hydroxylation is 2. The molecule has 0 bridgehead atoms. The quantitative estimate of drug-likeness (QED) is 0.461. The van der Waals surface area contributed by atoms with E-state index in [2.05, 4.69) is 52.3 Å². The lowest BCUT2D eigenvalue weighted by Crippen LogP contribution is -2.38. The van der Waals surface area contributed by atoms with Gasteiger partial charge in [-0.25, -0.2) is 4.98 Å². The van der Waals surface area contributed by atoms with Crippen LogP contribution in [0, 0.1) is 13.8 Å². The minimum atomic E-state index is 0.226. The van der Waals surface area contributed by atoms with Gasteiger partial charge in [0.2, 0.25) is 0 Å². The molecule has 0 saturated carbocycles. The maximum atomic E-state index is 5.66. The maximum Gasteiger partial charge on any atom is 0.0947 e. The molecule has 1 unspecified atom stereocenters. The van der Waals surface area contributed by atoms with Crippen LogP contribution < -0.4 is 11.3 Å². The number of nitrogens with zero attached hydrogens (tertiary/aromatic N) is 1. The predicted molar refractivity (Wildman–Crippen MR) is 91.3 cm³/mol. The minimum absolute atomic E-state index is 0.226. The summed E-state index contributed by atoms with van der Waals surface area (Å²) in [6, 6.07) is 8.54. The fraction of sp³-hybridized carbons (Fsp3) is 0.357. The van der Waals surface area contributed by atoms with Gasteiger partial charge in [0.05, 0.1) is 10.7 Å². The van der Waals surface area contributed by atoms with E-state index in [9.17, 15) is 0 Å². The summed E-state index contributed by atoms with van der Waals surface area (Å²) in [7, 11) is 0. The lowest BCUT2D eigenvalue weighted by Gasteiger charge is -2.14. The molecule has 108 valence electrons. The van der Waals surface area contributed by atoms with Crippen LogP contribution in [-0.2, 0) is 6.42 Å². The zero-order valence-electron chi connectivity index (χ0n) is 11.5. The summed E-state index contributed by atoms with van der Waals surface area (Å²) in [6.07, 6.45) is 0.872. The zero-order valence-corrected chi connectivity index (χ0v) is 14.7. The highest BCUT2D eigenvalue weighted by Crippen LogP contribution is 2.24. The molecular formula is C14H18BrN3S2. The van der Waals surface area contributed by atoms with Crippen molar-refractivity contribution in [3.63, 3.8) is 0 Å². The molecule has 2 rings (SSSR count). The number of thiazole rings is 1. The van der Waals surface area contributed by atoms with E-state index in [1.807, 2.05) is 12.1 Å². The number of hydrogen-bond acceptors (Lipinski definition) is 5. The number of aromatic nitrogens is 1. The van der Waals surface area contributed by atoms with E-state index in [1.165, 1.54) is 9.77 Å². The van der Waals surface area contributed by atoms with Crippen molar-refractivity contribution in [2.45, 2.75) is 31.2 Å². The second kappa shape index (κ2) is 7.56. The molecule has 0 amide bonds. The third kappa shape index (κ3) is 4.56. The van der Waals surface area contributed by atoms with E-state index in [-0.39, 0.29) is 6.04 Å². The molecule has 3 N–H and O–H groups in total. The Morgan fingerprint density at radius 2 is 2.25 bits per heavy atom. The van der Waals surface area contributed by atoms with Crippen molar-refractivity contribution in [1.29, 1.82) is 0 Å². The summed E-state index contributed by atoms with van der Waals surface area (Å²) < 4.78 is 1.10. The molecule has 1 atom stereocenters. The van der Waals surface area contributed by atoms with Crippen molar-refractivity contribution < 1.29 is 0 Å². The van der Waals surface area contributed by atoms with Crippen molar-refractivity contribution >= 4 is 39.0 Å². The van der Waals surface area contributed by atoms with Crippen molar-refractivity contribution in [1.82, 2.24) is 10.4 Å². The normalized spacial score (nSPS) is 12.6. The molecule has 0 radical (unpaired) electrons. The van der Waals surface area contributed by atoms with Gasteiger partial charge in [0.1, 0.15) is 0 Å². The molecular weight excluding hydrogens is 354 g/mol. The number of halogens is 1. The van der Waals surface area contributed by atoms with E-state index in [4.69, 9.17) is 5.84 Å². The van der Waals surface area contributed by atoms with Crippen LogP contribution in [0.15, 0.2) is 33.6 Å². The van der Waals surface area contributed by atoms with Gasteiger partial charge in [-0.2, -0.15) is 0 Å². The molecule has 2 aromatic rings. The molecule has 0 saturated heterocycles. The first-order chi connectivity index (χ1) is 9.58. The largest absolute Gasteiger partial charge is 0.271 e. The predicted octanol–water partition coefficient (Wildman–Crippen LogP) is 3.69. The van der Waals surface area contributed by atoms with Gasteiger partial charge in [0, 0.05) is 32.5 Å². The first-order valence-electron chi connectivity index (χ1n) is 6.36. The highest BCUT2D eigenvalue weighted by molar-refractivity contribution is 9.10. The Morgan fingerprint density at radius 1 is 1.45 bits per heavy atom. The van der Waals surface area contributed by atoms with Gasteiger partial charge in [-0.15, -0.1) is 23.1 Å². The van der Waals surface area contributed by atoms with Crippen molar-refractivity contribution in [3.8, 4) is 0 Å². The number of hydrogen-bond donors (Lipinski definition) is 2. The lowest BCUT2D eigenvalue weighted by atomic mass is 10.2. The zero-order chi connectivity index (χ0) is 14.5. The Kier molecular flexibility index (Phi) is 6.04. The molecule has 0 fully saturated rings. The lowest BCUT2D eigenvalue weighted by molar-refractivity contribution is 0.574. The maximum absolute atomic E-state index is 5.66. The molecule has 3 nitrogen and oxygen atoms in total. The second-order valence-corrected chi connectivity index (χ2v) is 7.88. The van der Waals surface area contributed by atoms with Crippen molar-refractivity contribution in [2.75, 3.05) is 5.75 Å². The Bertz CT molecular complexity index is 552. The van der Waals surface area contributed by atoms with Gasteiger partial charge in [-0.05, 0) is 32.0 Å². The molecule has 0 spiro atoms. The molecule has 6 heteroatoms. The third-order valence-electron chi connectivity index (χ3n) is 2.98. The van der Waals surface area contributed by atoms with Crippen LogP contribution in [0.5, 0.6) is 0 Å². The standard InChI is InChI=1S/C14H18BrN3S2/c1-9-10(2)20-14(17-9)7-12(18-16)8-19-13-5-3-4-11(15)6-13/h3-6,12,18H,7-8,16H2,1-2H3. The van der Waals surface area contributed by atoms with Crippen LogP contribution in [0.2, 0.25) is 0 Å². The van der Waals surface area contributed by atoms with E-state index in [0.29, 0.717) is 0 Å². The van der Waals surface area contributed by atoms with E-state index < -0.39 is 0 Å². The molecule has 1 aromatic heterocycles. The SMILES string of the molecule is Cc1nc(CC(CSc2cccc(Br)c2)NN)sc1C. The van der Waals surface area contributed by atoms with Crippen molar-refractivity contribution in [3.05, 3.63) is 44.3 Å². The monoisotopic (exact) mass is 371 g/mol. The Hall–Kier alpha value is -0.400. The first-order valence-corrected chi connectivity index (χ1v) is 8.95. The van der Waals surface area contributed by atoms with E-state index >= 15 is 0 Å².